The van der Waals surface area contributed by atoms with Crippen LogP contribution in [0, 0.1) is 0 Å². The van der Waals surface area contributed by atoms with E-state index in [1.54, 1.807) is 24.3 Å². The Morgan fingerprint density at radius 1 is 1.17 bits per heavy atom. The smallest absolute Gasteiger partial charge is 0.303 e. The second kappa shape index (κ2) is 9.02. The first kappa shape index (κ1) is 17.9. The molecule has 0 aliphatic carbocycles. The highest BCUT2D eigenvalue weighted by Crippen LogP contribution is 2.12. The summed E-state index contributed by atoms with van der Waals surface area (Å²) in [6.45, 7) is 1.25. The molecule has 1 unspecified atom stereocenters. The molecule has 2 amide bonds. The van der Waals surface area contributed by atoms with Gasteiger partial charge < -0.3 is 20.5 Å². The second-order valence-corrected chi connectivity index (χ2v) is 5.72. The van der Waals surface area contributed by atoms with Crippen molar-refractivity contribution in [2.75, 3.05) is 18.5 Å². The maximum atomic E-state index is 12.0. The number of carboxylic acid groups (broad SMARTS) is 1. The Balaban J connectivity index is 1.75. The Bertz CT molecular complexity index is 579. The lowest BCUT2D eigenvalue weighted by Gasteiger charge is -2.11. The third kappa shape index (κ3) is 6.00. The molecule has 0 spiro atoms. The van der Waals surface area contributed by atoms with E-state index in [4.69, 9.17) is 9.84 Å². The van der Waals surface area contributed by atoms with Crippen molar-refractivity contribution in [1.82, 2.24) is 5.32 Å². The van der Waals surface area contributed by atoms with E-state index in [2.05, 4.69) is 10.6 Å². The van der Waals surface area contributed by atoms with Crippen molar-refractivity contribution >= 4 is 23.5 Å². The van der Waals surface area contributed by atoms with Crippen LogP contribution in [0.3, 0.4) is 0 Å². The van der Waals surface area contributed by atoms with Crippen LogP contribution in [-0.4, -0.2) is 42.1 Å². The highest BCUT2D eigenvalue weighted by molar-refractivity contribution is 5.95. The lowest BCUT2D eigenvalue weighted by atomic mass is 10.1. The van der Waals surface area contributed by atoms with Gasteiger partial charge in [-0.05, 0) is 43.5 Å². The molecule has 1 fully saturated rings. The molecule has 130 valence electrons. The van der Waals surface area contributed by atoms with E-state index in [0.717, 1.165) is 19.4 Å². The van der Waals surface area contributed by atoms with Crippen molar-refractivity contribution in [3.05, 3.63) is 29.8 Å². The average Bonchev–Trinajstić information content (AvgIpc) is 3.06. The predicted octanol–water partition coefficient (Wildman–Crippen LogP) is 1.79. The molecule has 1 aromatic rings. The van der Waals surface area contributed by atoms with Crippen LogP contribution in [0.25, 0.3) is 0 Å². The monoisotopic (exact) mass is 334 g/mol. The fraction of sp³-hybridized carbons (Fsp3) is 0.471. The normalized spacial score (nSPS) is 16.6. The van der Waals surface area contributed by atoms with Crippen LogP contribution in [0.15, 0.2) is 24.3 Å². The fourth-order valence-electron chi connectivity index (χ4n) is 2.44. The van der Waals surface area contributed by atoms with Gasteiger partial charge >= 0.3 is 5.97 Å². The van der Waals surface area contributed by atoms with Gasteiger partial charge in [0.2, 0.25) is 5.91 Å². The maximum absolute atomic E-state index is 12.0. The van der Waals surface area contributed by atoms with Gasteiger partial charge in [-0.3, -0.25) is 14.4 Å². The standard InChI is InChI=1S/C17H22N2O5/c20-15(4-1-5-16(21)22)19-13-8-6-12(7-9-13)17(23)18-11-14-3-2-10-24-14/h6-9,14H,1-5,10-11H2,(H,18,23)(H,19,20)(H,21,22). The third-order valence-corrected chi connectivity index (χ3v) is 3.74. The van der Waals surface area contributed by atoms with Gasteiger partial charge in [0.15, 0.2) is 0 Å². The van der Waals surface area contributed by atoms with Crippen LogP contribution >= 0.6 is 0 Å². The van der Waals surface area contributed by atoms with Crippen LogP contribution < -0.4 is 10.6 Å². The lowest BCUT2D eigenvalue weighted by Crippen LogP contribution is -2.31. The zero-order valence-electron chi connectivity index (χ0n) is 13.4. The number of carbonyl (C=O) groups is 3. The van der Waals surface area contributed by atoms with Gasteiger partial charge in [0, 0.05) is 37.2 Å². The van der Waals surface area contributed by atoms with Gasteiger partial charge in [0.05, 0.1) is 6.10 Å². The quantitative estimate of drug-likeness (QED) is 0.672. The second-order valence-electron chi connectivity index (χ2n) is 5.72. The van der Waals surface area contributed by atoms with Gasteiger partial charge in [-0.15, -0.1) is 0 Å². The molecule has 0 bridgehead atoms. The molecule has 3 N–H and O–H groups in total. The maximum Gasteiger partial charge on any atom is 0.303 e. The number of rotatable bonds is 8. The first-order chi connectivity index (χ1) is 11.5. The molecule has 7 heteroatoms. The molecule has 0 radical (unpaired) electrons. The zero-order chi connectivity index (χ0) is 17.4. The van der Waals surface area contributed by atoms with Crippen molar-refractivity contribution < 1.29 is 24.2 Å². The minimum Gasteiger partial charge on any atom is -0.481 e. The van der Waals surface area contributed by atoms with E-state index in [0.29, 0.717) is 24.2 Å². The van der Waals surface area contributed by atoms with E-state index < -0.39 is 5.97 Å². The minimum atomic E-state index is -0.916. The van der Waals surface area contributed by atoms with Crippen LogP contribution in [-0.2, 0) is 14.3 Å². The molecular weight excluding hydrogens is 312 g/mol. The van der Waals surface area contributed by atoms with E-state index >= 15 is 0 Å². The summed E-state index contributed by atoms with van der Waals surface area (Å²) in [5, 5.41) is 14.0. The molecule has 7 nitrogen and oxygen atoms in total. The number of amides is 2. The number of hydrogen-bond donors (Lipinski definition) is 3. The van der Waals surface area contributed by atoms with Crippen LogP contribution in [0.1, 0.15) is 42.5 Å². The number of nitrogens with one attached hydrogen (secondary N) is 2. The van der Waals surface area contributed by atoms with Gasteiger partial charge in [0.1, 0.15) is 0 Å². The summed E-state index contributed by atoms with van der Waals surface area (Å²) < 4.78 is 5.45. The SMILES string of the molecule is O=C(O)CCCC(=O)Nc1ccc(C(=O)NCC2CCCO2)cc1. The van der Waals surface area contributed by atoms with Gasteiger partial charge in [-0.2, -0.15) is 0 Å². The summed E-state index contributed by atoms with van der Waals surface area (Å²) in [5.41, 5.74) is 1.09. The number of hydrogen-bond acceptors (Lipinski definition) is 4. The summed E-state index contributed by atoms with van der Waals surface area (Å²) in [6, 6.07) is 6.57. The lowest BCUT2D eigenvalue weighted by molar-refractivity contribution is -0.137. The highest BCUT2D eigenvalue weighted by Gasteiger charge is 2.16. The molecular formula is C17H22N2O5. The molecule has 1 saturated heterocycles. The first-order valence-electron chi connectivity index (χ1n) is 8.06. The van der Waals surface area contributed by atoms with Crippen LogP contribution in [0.5, 0.6) is 0 Å². The Morgan fingerprint density at radius 2 is 1.92 bits per heavy atom. The van der Waals surface area contributed by atoms with E-state index in [1.807, 2.05) is 0 Å². The number of carboxylic acids is 1. The topological polar surface area (TPSA) is 105 Å². The van der Waals surface area contributed by atoms with Crippen LogP contribution in [0.2, 0.25) is 0 Å². The molecule has 1 heterocycles. The average molecular weight is 334 g/mol. The molecule has 1 aliphatic heterocycles. The molecule has 24 heavy (non-hydrogen) atoms. The number of ether oxygens (including phenoxy) is 1. The fourth-order valence-corrected chi connectivity index (χ4v) is 2.44. The first-order valence-corrected chi connectivity index (χ1v) is 8.06. The minimum absolute atomic E-state index is 0.0305. The summed E-state index contributed by atoms with van der Waals surface area (Å²) in [4.78, 5) is 34.1. The summed E-state index contributed by atoms with van der Waals surface area (Å²) in [6.07, 6.45) is 2.50. The van der Waals surface area contributed by atoms with Gasteiger partial charge in [-0.25, -0.2) is 0 Å². The van der Waals surface area contributed by atoms with Gasteiger partial charge in [0.25, 0.3) is 5.91 Å². The molecule has 1 atom stereocenters. The van der Waals surface area contributed by atoms with Crippen molar-refractivity contribution in [3.63, 3.8) is 0 Å². The van der Waals surface area contributed by atoms with Crippen LogP contribution in [0.4, 0.5) is 5.69 Å². The number of carbonyl (C=O) groups excluding carboxylic acids is 2. The highest BCUT2D eigenvalue weighted by atomic mass is 16.5. The Hall–Kier alpha value is -2.41. The van der Waals surface area contributed by atoms with Crippen molar-refractivity contribution in [2.45, 2.75) is 38.2 Å². The molecule has 2 rings (SSSR count). The molecule has 0 saturated carbocycles. The Morgan fingerprint density at radius 3 is 2.54 bits per heavy atom. The molecule has 0 aromatic heterocycles. The third-order valence-electron chi connectivity index (χ3n) is 3.74. The predicted molar refractivity (Wildman–Crippen MR) is 87.9 cm³/mol. The summed E-state index contributed by atoms with van der Waals surface area (Å²) >= 11 is 0. The van der Waals surface area contributed by atoms with E-state index in [-0.39, 0.29) is 30.8 Å². The Kier molecular flexibility index (Phi) is 6.74. The Labute approximate surface area is 140 Å². The largest absolute Gasteiger partial charge is 0.481 e. The summed E-state index contributed by atoms with van der Waals surface area (Å²) in [5.74, 6) is -1.34. The van der Waals surface area contributed by atoms with Crippen molar-refractivity contribution in [2.24, 2.45) is 0 Å². The number of aliphatic carboxylic acids is 1. The number of benzene rings is 1. The molecule has 1 aromatic carbocycles. The van der Waals surface area contributed by atoms with E-state index in [1.165, 1.54) is 0 Å². The van der Waals surface area contributed by atoms with Crippen molar-refractivity contribution in [3.8, 4) is 0 Å². The zero-order valence-corrected chi connectivity index (χ0v) is 13.4. The van der Waals surface area contributed by atoms with E-state index in [9.17, 15) is 14.4 Å². The van der Waals surface area contributed by atoms with Gasteiger partial charge in [-0.1, -0.05) is 0 Å². The summed E-state index contributed by atoms with van der Waals surface area (Å²) in [7, 11) is 0. The van der Waals surface area contributed by atoms with Crippen molar-refractivity contribution in [1.29, 1.82) is 0 Å². The number of anilines is 1. The molecule has 1 aliphatic rings.